The monoisotopic (exact) mass is 222 g/mol. The van der Waals surface area contributed by atoms with Crippen molar-refractivity contribution in [1.82, 2.24) is 0 Å². The number of fused-ring (bicyclic) bond motifs is 2. The van der Waals surface area contributed by atoms with Crippen LogP contribution in [0.15, 0.2) is 36.4 Å². The smallest absolute Gasteiger partial charge is 0.193 e. The van der Waals surface area contributed by atoms with Crippen molar-refractivity contribution in [2.24, 2.45) is 0 Å². The number of carbonyl (C=O) groups excluding carboxylic acids is 1. The summed E-state index contributed by atoms with van der Waals surface area (Å²) in [4.78, 5) is 12.3. The van der Waals surface area contributed by atoms with Gasteiger partial charge in [-0.05, 0) is 31.4 Å². The first-order valence-electron chi connectivity index (χ1n) is 5.89. The highest BCUT2D eigenvalue weighted by Gasteiger charge is 2.22. The van der Waals surface area contributed by atoms with Gasteiger partial charge in [-0.2, -0.15) is 0 Å². The van der Waals surface area contributed by atoms with E-state index in [0.717, 1.165) is 28.7 Å². The summed E-state index contributed by atoms with van der Waals surface area (Å²) >= 11 is 0. The molecule has 17 heavy (non-hydrogen) atoms. The predicted molar refractivity (Wildman–Crippen MR) is 68.6 cm³/mol. The number of rotatable bonds is 0. The second kappa shape index (κ2) is 3.56. The maximum absolute atomic E-state index is 12.3. The van der Waals surface area contributed by atoms with Gasteiger partial charge in [-0.1, -0.05) is 47.5 Å². The van der Waals surface area contributed by atoms with Gasteiger partial charge in [0.15, 0.2) is 5.78 Å². The van der Waals surface area contributed by atoms with E-state index in [9.17, 15) is 4.79 Å². The molecule has 0 atom stereocenters. The molecule has 0 fully saturated rings. The minimum Gasteiger partial charge on any atom is -0.289 e. The lowest BCUT2D eigenvalue weighted by Crippen LogP contribution is -2.15. The van der Waals surface area contributed by atoms with E-state index in [0.29, 0.717) is 0 Å². The van der Waals surface area contributed by atoms with Gasteiger partial charge in [-0.15, -0.1) is 0 Å². The number of ketones is 1. The van der Waals surface area contributed by atoms with Gasteiger partial charge in [0.1, 0.15) is 0 Å². The van der Waals surface area contributed by atoms with E-state index in [1.54, 1.807) is 0 Å². The number of hydrogen-bond donors (Lipinski definition) is 0. The third-order valence-corrected chi connectivity index (χ3v) is 3.39. The number of hydrogen-bond acceptors (Lipinski definition) is 1. The lowest BCUT2D eigenvalue weighted by molar-refractivity contribution is 0.103. The molecule has 3 rings (SSSR count). The Morgan fingerprint density at radius 2 is 1.29 bits per heavy atom. The molecule has 0 spiro atoms. The Morgan fingerprint density at radius 3 is 1.76 bits per heavy atom. The van der Waals surface area contributed by atoms with Gasteiger partial charge < -0.3 is 0 Å². The van der Waals surface area contributed by atoms with Crippen molar-refractivity contribution in [3.05, 3.63) is 69.8 Å². The third-order valence-electron chi connectivity index (χ3n) is 3.39. The summed E-state index contributed by atoms with van der Waals surface area (Å²) in [7, 11) is 0. The summed E-state index contributed by atoms with van der Waals surface area (Å²) in [5.74, 6) is 0.168. The van der Waals surface area contributed by atoms with Crippen LogP contribution in [0.3, 0.4) is 0 Å². The van der Waals surface area contributed by atoms with Crippen molar-refractivity contribution >= 4 is 5.78 Å². The van der Waals surface area contributed by atoms with Crippen molar-refractivity contribution in [2.45, 2.75) is 20.3 Å². The molecule has 0 unspecified atom stereocenters. The van der Waals surface area contributed by atoms with Crippen LogP contribution in [0.5, 0.6) is 0 Å². The first-order chi connectivity index (χ1) is 8.15. The first kappa shape index (κ1) is 10.3. The molecule has 0 aromatic heterocycles. The van der Waals surface area contributed by atoms with Crippen LogP contribution in [-0.4, -0.2) is 5.78 Å². The SMILES string of the molecule is Cc1ccc2c(c1)Cc1cc(C)ccc1C2=O. The first-order valence-corrected chi connectivity index (χ1v) is 5.89. The van der Waals surface area contributed by atoms with Gasteiger partial charge in [-0.3, -0.25) is 4.79 Å². The fourth-order valence-electron chi connectivity index (χ4n) is 2.53. The summed E-state index contributed by atoms with van der Waals surface area (Å²) in [5, 5.41) is 0. The fourth-order valence-corrected chi connectivity index (χ4v) is 2.53. The molecule has 0 radical (unpaired) electrons. The van der Waals surface area contributed by atoms with Crippen LogP contribution in [0.1, 0.15) is 38.2 Å². The second-order valence-electron chi connectivity index (χ2n) is 4.83. The van der Waals surface area contributed by atoms with Crippen LogP contribution >= 0.6 is 0 Å². The standard InChI is InChI=1S/C16H14O/c1-10-3-5-14-12(7-10)9-13-8-11(2)4-6-15(13)16(14)17/h3-8H,9H2,1-2H3. The molecule has 0 saturated heterocycles. The van der Waals surface area contributed by atoms with E-state index in [1.807, 2.05) is 24.3 Å². The summed E-state index contributed by atoms with van der Waals surface area (Å²) in [6.45, 7) is 4.13. The van der Waals surface area contributed by atoms with E-state index in [-0.39, 0.29) is 5.78 Å². The molecule has 2 aromatic carbocycles. The molecule has 0 N–H and O–H groups in total. The molecule has 84 valence electrons. The van der Waals surface area contributed by atoms with Gasteiger partial charge in [0.2, 0.25) is 0 Å². The highest BCUT2D eigenvalue weighted by molar-refractivity contribution is 6.12. The molecule has 1 nitrogen and oxygen atoms in total. The molecule has 0 bridgehead atoms. The van der Waals surface area contributed by atoms with E-state index in [1.165, 1.54) is 11.1 Å². The maximum atomic E-state index is 12.3. The zero-order valence-electron chi connectivity index (χ0n) is 10.1. The topological polar surface area (TPSA) is 17.1 Å². The molecule has 1 heteroatoms. The molecule has 0 heterocycles. The summed E-state index contributed by atoms with van der Waals surface area (Å²) in [6, 6.07) is 12.2. The van der Waals surface area contributed by atoms with Crippen LogP contribution in [0, 0.1) is 13.8 Å². The minimum atomic E-state index is 0.168. The Morgan fingerprint density at radius 1 is 0.824 bits per heavy atom. The van der Waals surface area contributed by atoms with E-state index >= 15 is 0 Å². The minimum absolute atomic E-state index is 0.168. The molecule has 2 aromatic rings. The normalized spacial score (nSPS) is 13.2. The Bertz CT molecular complexity index is 570. The van der Waals surface area contributed by atoms with Crippen molar-refractivity contribution < 1.29 is 4.79 Å². The fraction of sp³-hybridized carbons (Fsp3) is 0.188. The van der Waals surface area contributed by atoms with Crippen LogP contribution in [0.2, 0.25) is 0 Å². The number of aryl methyl sites for hydroxylation is 2. The molecule has 1 aliphatic carbocycles. The highest BCUT2D eigenvalue weighted by atomic mass is 16.1. The number of benzene rings is 2. The summed E-state index contributed by atoms with van der Waals surface area (Å²) in [6.07, 6.45) is 0.875. The average Bonchev–Trinajstić information content (AvgIpc) is 2.28. The average molecular weight is 222 g/mol. The van der Waals surface area contributed by atoms with E-state index < -0.39 is 0 Å². The van der Waals surface area contributed by atoms with E-state index in [4.69, 9.17) is 0 Å². The molecule has 0 amide bonds. The van der Waals surface area contributed by atoms with Crippen LogP contribution < -0.4 is 0 Å². The molecular weight excluding hydrogens is 208 g/mol. The predicted octanol–water partition coefficient (Wildman–Crippen LogP) is 3.44. The lowest BCUT2D eigenvalue weighted by atomic mass is 9.84. The van der Waals surface area contributed by atoms with Gasteiger partial charge in [0, 0.05) is 11.1 Å². The highest BCUT2D eigenvalue weighted by Crippen LogP contribution is 2.28. The van der Waals surface area contributed by atoms with Gasteiger partial charge in [0.25, 0.3) is 0 Å². The number of carbonyl (C=O) groups is 1. The van der Waals surface area contributed by atoms with Crippen molar-refractivity contribution in [2.75, 3.05) is 0 Å². The Balaban J connectivity index is 2.21. The second-order valence-corrected chi connectivity index (χ2v) is 4.83. The molecule has 1 aliphatic rings. The Kier molecular flexibility index (Phi) is 2.15. The molecule has 0 aliphatic heterocycles. The van der Waals surface area contributed by atoms with Gasteiger partial charge >= 0.3 is 0 Å². The molecular formula is C16H14O. The van der Waals surface area contributed by atoms with Crippen molar-refractivity contribution in [3.8, 4) is 0 Å². The summed E-state index contributed by atoms with van der Waals surface area (Å²) < 4.78 is 0. The zero-order chi connectivity index (χ0) is 12.0. The maximum Gasteiger partial charge on any atom is 0.193 e. The quantitative estimate of drug-likeness (QED) is 0.569. The largest absolute Gasteiger partial charge is 0.289 e. The summed E-state index contributed by atoms with van der Waals surface area (Å²) in [5.41, 5.74) is 6.49. The van der Waals surface area contributed by atoms with Crippen LogP contribution in [0.25, 0.3) is 0 Å². The van der Waals surface area contributed by atoms with Gasteiger partial charge in [-0.25, -0.2) is 0 Å². The van der Waals surface area contributed by atoms with Gasteiger partial charge in [0.05, 0.1) is 0 Å². The lowest BCUT2D eigenvalue weighted by Gasteiger charge is -2.19. The van der Waals surface area contributed by atoms with Crippen molar-refractivity contribution in [3.63, 3.8) is 0 Å². The third kappa shape index (κ3) is 1.59. The zero-order valence-corrected chi connectivity index (χ0v) is 10.1. The molecule has 0 saturated carbocycles. The van der Waals surface area contributed by atoms with E-state index in [2.05, 4.69) is 26.0 Å². The Hall–Kier alpha value is -1.89. The van der Waals surface area contributed by atoms with Crippen LogP contribution in [-0.2, 0) is 6.42 Å². The van der Waals surface area contributed by atoms with Crippen molar-refractivity contribution in [1.29, 1.82) is 0 Å². The van der Waals surface area contributed by atoms with Crippen LogP contribution in [0.4, 0.5) is 0 Å². The Labute approximate surface area is 101 Å².